The maximum absolute atomic E-state index is 12.9. The second-order valence-electron chi connectivity index (χ2n) is 7.10. The first-order valence-electron chi connectivity index (χ1n) is 9.75. The summed E-state index contributed by atoms with van der Waals surface area (Å²) in [6.07, 6.45) is -4.21. The molecule has 1 saturated heterocycles. The van der Waals surface area contributed by atoms with Crippen molar-refractivity contribution in [1.82, 2.24) is 4.31 Å². The van der Waals surface area contributed by atoms with Crippen LogP contribution in [0.1, 0.15) is 24.0 Å². The number of rotatable bonds is 6. The lowest BCUT2D eigenvalue weighted by molar-refractivity contribution is -0.137. The monoisotopic (exact) mass is 480 g/mol. The number of sulfonamides is 1. The number of oxime groups is 1. The fourth-order valence-corrected chi connectivity index (χ4v) is 4.55. The number of anilines is 1. The number of hydrogen-bond acceptors (Lipinski definition) is 6. The summed E-state index contributed by atoms with van der Waals surface area (Å²) in [5.41, 5.74) is 0.451. The highest BCUT2D eigenvalue weighted by Crippen LogP contribution is 2.31. The van der Waals surface area contributed by atoms with Crippen molar-refractivity contribution in [3.05, 3.63) is 59.7 Å². The van der Waals surface area contributed by atoms with E-state index < -0.39 is 32.6 Å². The molecule has 12 heteroatoms. The van der Waals surface area contributed by atoms with E-state index in [1.54, 1.807) is 24.3 Å². The molecule has 1 heterocycles. The van der Waals surface area contributed by atoms with Crippen LogP contribution in [0.2, 0.25) is 0 Å². The van der Waals surface area contributed by atoms with Crippen molar-refractivity contribution in [3.63, 3.8) is 0 Å². The van der Waals surface area contributed by atoms with Crippen LogP contribution in [0.5, 0.6) is 0 Å². The van der Waals surface area contributed by atoms with E-state index in [0.717, 1.165) is 22.5 Å². The predicted molar refractivity (Wildman–Crippen MR) is 113 cm³/mol. The summed E-state index contributed by atoms with van der Waals surface area (Å²) in [5.74, 6) is -0.464. The molecule has 0 aromatic heterocycles. The van der Waals surface area contributed by atoms with Gasteiger partial charge in [-0.3, -0.25) is 4.79 Å². The molecular weight excluding hydrogens is 461 g/mol. The first-order chi connectivity index (χ1) is 15.6. The van der Waals surface area contributed by atoms with Gasteiger partial charge in [0.15, 0.2) is 6.61 Å². The van der Waals surface area contributed by atoms with Gasteiger partial charge in [0, 0.05) is 31.6 Å². The summed E-state index contributed by atoms with van der Waals surface area (Å²) in [5, 5.41) is 15.2. The summed E-state index contributed by atoms with van der Waals surface area (Å²) in [7, 11) is -4.09. The van der Waals surface area contributed by atoms with Gasteiger partial charge in [-0.1, -0.05) is 11.2 Å². The third kappa shape index (κ3) is 6.30. The minimum absolute atomic E-state index is 0.0260. The van der Waals surface area contributed by atoms with Gasteiger partial charge in [0.1, 0.15) is 0 Å². The van der Waals surface area contributed by atoms with Gasteiger partial charge in [-0.25, -0.2) is 8.42 Å². The van der Waals surface area contributed by atoms with Crippen molar-refractivity contribution in [1.29, 1.82) is 5.26 Å². The fraction of sp³-hybridized carbons (Fsp3) is 0.286. The molecule has 3 rings (SSSR count). The standard InChI is InChI=1S/C21H19F3N4O4S/c22-21(23,24)16-2-1-3-19(12-16)33(30,31)28-10-8-18(9-11-28)27-32-14-20(29)26-17-6-4-15(13-25)5-7-17/h1-7,12H,8-11,14H2,(H,26,29). The highest BCUT2D eigenvalue weighted by molar-refractivity contribution is 7.89. The van der Waals surface area contributed by atoms with E-state index in [-0.39, 0.29) is 32.5 Å². The Balaban J connectivity index is 1.51. The molecule has 33 heavy (non-hydrogen) atoms. The predicted octanol–water partition coefficient (Wildman–Crippen LogP) is 3.37. The van der Waals surface area contributed by atoms with Crippen LogP contribution in [-0.2, 0) is 25.8 Å². The Bertz CT molecular complexity index is 1180. The average molecular weight is 480 g/mol. The highest BCUT2D eigenvalue weighted by Gasteiger charge is 2.33. The van der Waals surface area contributed by atoms with E-state index in [2.05, 4.69) is 10.5 Å². The van der Waals surface area contributed by atoms with E-state index in [0.29, 0.717) is 23.0 Å². The third-order valence-electron chi connectivity index (χ3n) is 4.79. The van der Waals surface area contributed by atoms with Crippen LogP contribution in [0.3, 0.4) is 0 Å². The number of carbonyl (C=O) groups excluding carboxylic acids is 1. The van der Waals surface area contributed by atoms with Crippen molar-refractivity contribution in [2.75, 3.05) is 25.0 Å². The van der Waals surface area contributed by atoms with Gasteiger partial charge in [0.2, 0.25) is 10.0 Å². The molecule has 0 saturated carbocycles. The molecule has 1 N–H and O–H groups in total. The number of nitrogens with zero attached hydrogens (tertiary/aromatic N) is 3. The van der Waals surface area contributed by atoms with Crippen LogP contribution < -0.4 is 5.32 Å². The quantitative estimate of drug-likeness (QED) is 0.637. The van der Waals surface area contributed by atoms with Crippen LogP contribution in [-0.4, -0.2) is 44.0 Å². The van der Waals surface area contributed by atoms with Crippen molar-refractivity contribution >= 4 is 27.3 Å². The number of nitrogens with one attached hydrogen (secondary N) is 1. The molecule has 0 spiro atoms. The number of hydrogen-bond donors (Lipinski definition) is 1. The number of nitriles is 1. The molecule has 0 atom stereocenters. The Kier molecular flexibility index (Phi) is 7.35. The van der Waals surface area contributed by atoms with Crippen LogP contribution in [0.25, 0.3) is 0 Å². The van der Waals surface area contributed by atoms with E-state index >= 15 is 0 Å². The molecule has 8 nitrogen and oxygen atoms in total. The van der Waals surface area contributed by atoms with Gasteiger partial charge in [-0.05, 0) is 42.5 Å². The molecule has 2 aromatic rings. The van der Waals surface area contributed by atoms with Gasteiger partial charge < -0.3 is 10.2 Å². The Morgan fingerprint density at radius 2 is 1.82 bits per heavy atom. The van der Waals surface area contributed by atoms with E-state index in [9.17, 15) is 26.4 Å². The number of alkyl halides is 3. The normalized spacial score (nSPS) is 14.9. The fourth-order valence-electron chi connectivity index (χ4n) is 3.07. The second kappa shape index (κ2) is 10.0. The van der Waals surface area contributed by atoms with Gasteiger partial charge >= 0.3 is 6.18 Å². The molecular formula is C21H19F3N4O4S. The zero-order valence-corrected chi connectivity index (χ0v) is 18.0. The number of amides is 1. The number of piperidine rings is 1. The lowest BCUT2D eigenvalue weighted by Gasteiger charge is -2.26. The molecule has 0 bridgehead atoms. The van der Waals surface area contributed by atoms with Crippen molar-refractivity contribution < 1.29 is 31.2 Å². The second-order valence-corrected chi connectivity index (χ2v) is 9.04. The minimum Gasteiger partial charge on any atom is -0.386 e. The van der Waals surface area contributed by atoms with Crippen LogP contribution in [0, 0.1) is 11.3 Å². The molecule has 0 aliphatic carbocycles. The molecule has 1 aliphatic rings. The van der Waals surface area contributed by atoms with E-state index in [4.69, 9.17) is 10.1 Å². The Morgan fingerprint density at radius 1 is 1.15 bits per heavy atom. The SMILES string of the molecule is N#Cc1ccc(NC(=O)CON=C2CCN(S(=O)(=O)c3cccc(C(F)(F)F)c3)CC2)cc1. The third-order valence-corrected chi connectivity index (χ3v) is 6.68. The Morgan fingerprint density at radius 3 is 2.42 bits per heavy atom. The Labute approximate surface area is 188 Å². The smallest absolute Gasteiger partial charge is 0.386 e. The highest BCUT2D eigenvalue weighted by atomic mass is 32.2. The van der Waals surface area contributed by atoms with Crippen LogP contribution in [0.4, 0.5) is 18.9 Å². The summed E-state index contributed by atoms with van der Waals surface area (Å²) < 4.78 is 65.2. The first kappa shape index (κ1) is 24.2. The van der Waals surface area contributed by atoms with Crippen LogP contribution in [0.15, 0.2) is 58.6 Å². The average Bonchev–Trinajstić information content (AvgIpc) is 2.79. The molecule has 1 aliphatic heterocycles. The minimum atomic E-state index is -4.64. The summed E-state index contributed by atoms with van der Waals surface area (Å²) in [6.45, 7) is -0.313. The van der Waals surface area contributed by atoms with E-state index in [1.807, 2.05) is 6.07 Å². The lowest BCUT2D eigenvalue weighted by atomic mass is 10.1. The van der Waals surface area contributed by atoms with Gasteiger partial charge in [0.05, 0.1) is 27.8 Å². The molecule has 174 valence electrons. The molecule has 0 radical (unpaired) electrons. The van der Waals surface area contributed by atoms with Gasteiger partial charge in [0.25, 0.3) is 5.91 Å². The summed E-state index contributed by atoms with van der Waals surface area (Å²) >= 11 is 0. The Hall–Kier alpha value is -3.43. The summed E-state index contributed by atoms with van der Waals surface area (Å²) in [6, 6.07) is 11.8. The topological polar surface area (TPSA) is 112 Å². The molecule has 1 fully saturated rings. The largest absolute Gasteiger partial charge is 0.416 e. The van der Waals surface area contributed by atoms with E-state index in [1.165, 1.54) is 0 Å². The van der Waals surface area contributed by atoms with Gasteiger partial charge in [-0.2, -0.15) is 22.7 Å². The first-order valence-corrected chi connectivity index (χ1v) is 11.2. The van der Waals surface area contributed by atoms with Crippen molar-refractivity contribution in [2.45, 2.75) is 23.9 Å². The molecule has 1 amide bonds. The maximum atomic E-state index is 12.9. The lowest BCUT2D eigenvalue weighted by Crippen LogP contribution is -2.38. The number of carbonyl (C=O) groups is 1. The number of benzene rings is 2. The molecule has 0 unspecified atom stereocenters. The maximum Gasteiger partial charge on any atom is 0.416 e. The van der Waals surface area contributed by atoms with Crippen molar-refractivity contribution in [3.8, 4) is 6.07 Å². The van der Waals surface area contributed by atoms with Gasteiger partial charge in [-0.15, -0.1) is 0 Å². The zero-order chi connectivity index (χ0) is 24.1. The van der Waals surface area contributed by atoms with Crippen LogP contribution >= 0.6 is 0 Å². The zero-order valence-electron chi connectivity index (χ0n) is 17.2. The summed E-state index contributed by atoms with van der Waals surface area (Å²) in [4.78, 5) is 16.5. The molecule has 2 aromatic carbocycles. The number of halogens is 3. The van der Waals surface area contributed by atoms with Crippen molar-refractivity contribution in [2.24, 2.45) is 5.16 Å².